The number of hydrogen-bond donors (Lipinski definition) is 1. The Bertz CT molecular complexity index is 2030. The second-order valence-electron chi connectivity index (χ2n) is 17.1. The van der Waals surface area contributed by atoms with Gasteiger partial charge in [-0.25, -0.2) is 14.8 Å². The van der Waals surface area contributed by atoms with Crippen LogP contribution in [0.3, 0.4) is 0 Å². The van der Waals surface area contributed by atoms with E-state index in [-0.39, 0.29) is 74.7 Å². The van der Waals surface area contributed by atoms with Crippen LogP contribution in [-0.4, -0.2) is 64.7 Å². The summed E-state index contributed by atoms with van der Waals surface area (Å²) in [5.41, 5.74) is 5.81. The fourth-order valence-electron chi connectivity index (χ4n) is 9.05. The maximum Gasteiger partial charge on any atom is 0.343 e. The molecule has 3 aromatic rings. The third-order valence-corrected chi connectivity index (χ3v) is 12.1. The smallest absolute Gasteiger partial charge is 0.343 e. The van der Waals surface area contributed by atoms with Crippen LogP contribution in [-0.2, 0) is 14.3 Å². The molecule has 2 aromatic carbocycles. The van der Waals surface area contributed by atoms with Crippen molar-refractivity contribution in [1.29, 1.82) is 5.26 Å². The van der Waals surface area contributed by atoms with Gasteiger partial charge in [0.25, 0.3) is 0 Å². The molecule has 324 valence electrons. The number of aliphatic imine (C=N–C) groups is 1. The van der Waals surface area contributed by atoms with E-state index in [2.05, 4.69) is 90.7 Å². The summed E-state index contributed by atoms with van der Waals surface area (Å²) in [7, 11) is 1.62. The first-order valence-electron chi connectivity index (χ1n) is 20.6. The lowest BCUT2D eigenvalue weighted by atomic mass is 9.75. The highest BCUT2D eigenvalue weighted by Crippen LogP contribution is 2.46. The van der Waals surface area contributed by atoms with E-state index in [0.29, 0.717) is 35.7 Å². The summed E-state index contributed by atoms with van der Waals surface area (Å²) >= 11 is 0. The van der Waals surface area contributed by atoms with Crippen molar-refractivity contribution in [3.05, 3.63) is 52.9 Å². The van der Waals surface area contributed by atoms with E-state index in [0.717, 1.165) is 62.0 Å². The van der Waals surface area contributed by atoms with Crippen LogP contribution >= 0.6 is 0 Å². The van der Waals surface area contributed by atoms with Gasteiger partial charge in [-0.15, -0.1) is 5.10 Å². The Hall–Kier alpha value is -4.69. The minimum absolute atomic E-state index is 0. The van der Waals surface area contributed by atoms with Crippen LogP contribution < -0.4 is 15.0 Å². The molecule has 11 heteroatoms. The molecule has 3 aliphatic rings. The van der Waals surface area contributed by atoms with Gasteiger partial charge in [0.2, 0.25) is 0 Å². The minimum atomic E-state index is -0.575. The van der Waals surface area contributed by atoms with E-state index in [4.69, 9.17) is 29.3 Å². The number of benzene rings is 2. The van der Waals surface area contributed by atoms with Gasteiger partial charge in [-0.05, 0) is 125 Å². The molecular weight excluding hydrogens is 739 g/mol. The molecule has 0 saturated heterocycles. The van der Waals surface area contributed by atoms with E-state index in [9.17, 15) is 10.1 Å². The molecule has 11 nitrogen and oxygen atoms in total. The van der Waals surface area contributed by atoms with Gasteiger partial charge in [0.05, 0.1) is 24.6 Å². The molecule has 2 aliphatic heterocycles. The highest BCUT2D eigenvalue weighted by Gasteiger charge is 2.41. The number of fused-ring (bicyclic) bond motifs is 2. The summed E-state index contributed by atoms with van der Waals surface area (Å²) in [6.07, 6.45) is 5.91. The number of methoxy groups -OCH3 is 1. The Morgan fingerprint density at radius 1 is 1.08 bits per heavy atom. The predicted octanol–water partition coefficient (Wildman–Crippen LogP) is 11.7. The first kappa shape index (κ1) is 48.7. The predicted molar refractivity (Wildman–Crippen MR) is 244 cm³/mol. The molecule has 1 N–H and O–H groups in total. The normalized spacial score (nSPS) is 22.8. The number of carbonyl (C=O) groups excluding carboxylic acids is 1. The number of unbranched alkanes of at least 4 members (excludes halogenated alkanes) is 1. The van der Waals surface area contributed by atoms with Crippen molar-refractivity contribution in [2.24, 2.45) is 22.7 Å². The van der Waals surface area contributed by atoms with Crippen LogP contribution in [0.1, 0.15) is 146 Å². The molecule has 0 amide bonds. The summed E-state index contributed by atoms with van der Waals surface area (Å²) in [5.74, 6) is 2.17. The Morgan fingerprint density at radius 2 is 1.78 bits per heavy atom. The number of aromatic nitrogens is 3. The molecule has 0 radical (unpaired) electrons. The largest absolute Gasteiger partial charge is 0.495 e. The molecule has 4 unspecified atom stereocenters. The number of anilines is 2. The number of nitrogens with zero attached hydrogens (tertiary/aromatic N) is 6. The van der Waals surface area contributed by atoms with Gasteiger partial charge in [-0.3, -0.25) is 0 Å². The van der Waals surface area contributed by atoms with Gasteiger partial charge in [-0.1, -0.05) is 70.2 Å². The minimum Gasteiger partial charge on any atom is -0.495 e. The quantitative estimate of drug-likeness (QED) is 0.133. The Morgan fingerprint density at radius 3 is 2.41 bits per heavy atom. The van der Waals surface area contributed by atoms with E-state index in [1.807, 2.05) is 25.1 Å². The number of aryl methyl sites for hydroxylation is 1. The molecule has 1 aromatic heterocycles. The molecule has 6 rings (SSSR count). The van der Waals surface area contributed by atoms with Crippen molar-refractivity contribution in [2.45, 2.75) is 154 Å². The lowest BCUT2D eigenvalue weighted by molar-refractivity contribution is -0.150. The molecular formula is C48H73N7O4. The topological polar surface area (TPSA) is 127 Å². The first-order chi connectivity index (χ1) is 26.7. The van der Waals surface area contributed by atoms with Crippen LogP contribution in [0.25, 0.3) is 17.0 Å². The number of allylic oxidation sites excluding steroid dienone is 1. The molecule has 1 saturated carbocycles. The molecule has 1 fully saturated rings. The fraction of sp³-hybridized carbons (Fsp3) is 0.604. The van der Waals surface area contributed by atoms with Crippen LogP contribution in [0.4, 0.5) is 17.1 Å². The Labute approximate surface area is 355 Å². The van der Waals surface area contributed by atoms with Gasteiger partial charge < -0.3 is 24.4 Å². The monoisotopic (exact) mass is 812 g/mol. The van der Waals surface area contributed by atoms with Crippen LogP contribution in [0, 0.1) is 36.0 Å². The van der Waals surface area contributed by atoms with Crippen molar-refractivity contribution in [1.82, 2.24) is 14.8 Å². The molecule has 59 heavy (non-hydrogen) atoms. The maximum absolute atomic E-state index is 14.4. The number of hydrogen-bond acceptors (Lipinski definition) is 10. The van der Waals surface area contributed by atoms with Crippen molar-refractivity contribution in [3.63, 3.8) is 0 Å². The van der Waals surface area contributed by atoms with E-state index in [1.165, 1.54) is 11.3 Å². The molecule has 1 aliphatic carbocycles. The summed E-state index contributed by atoms with van der Waals surface area (Å²) < 4.78 is 19.4. The third kappa shape index (κ3) is 9.86. The fourth-order valence-corrected chi connectivity index (χ4v) is 9.05. The van der Waals surface area contributed by atoms with E-state index in [1.54, 1.807) is 11.8 Å². The van der Waals surface area contributed by atoms with Gasteiger partial charge >= 0.3 is 5.97 Å². The second kappa shape index (κ2) is 20.0. The van der Waals surface area contributed by atoms with Crippen molar-refractivity contribution >= 4 is 34.4 Å². The number of nitrogens with one attached hydrogen (secondary N) is 1. The lowest BCUT2D eigenvalue weighted by Gasteiger charge is -2.48. The van der Waals surface area contributed by atoms with Crippen LogP contribution in [0.5, 0.6) is 5.75 Å². The van der Waals surface area contributed by atoms with Gasteiger partial charge in [-0.2, -0.15) is 9.94 Å². The molecule has 0 spiro atoms. The summed E-state index contributed by atoms with van der Waals surface area (Å²) in [6, 6.07) is 12.3. The zero-order valence-electron chi connectivity index (χ0n) is 35.3. The standard InChI is InChI=1S/C45H61N7O4.3CH4/c1-12-14-17-51-37-20-27(4)35(22-33(37)30(7)23-45(51,9)10)48-42-34(24-46)39(44(53)56-40-28(5)18-26(3)19-29(40)6)43-49-41(50-52(42)43)32-15-16-38(54-11)36(21-32)47-25-55-31(8)13-2;;;/h15-16,20-22,26,28-31,40,47H,12-14,17-19,23,25H2,1-11H3;3*1H4. The first-order valence-corrected chi connectivity index (χ1v) is 20.6. The van der Waals surface area contributed by atoms with Gasteiger partial charge in [0, 0.05) is 23.3 Å². The second-order valence-corrected chi connectivity index (χ2v) is 17.1. The van der Waals surface area contributed by atoms with E-state index < -0.39 is 5.97 Å². The van der Waals surface area contributed by atoms with Gasteiger partial charge in [0.15, 0.2) is 17.5 Å². The molecule has 4 atom stereocenters. The zero-order chi connectivity index (χ0) is 40.5. The number of ether oxygens (including phenoxy) is 3. The average Bonchev–Trinajstić information content (AvgIpc) is 3.70. The SMILES string of the molecule is C.C.C.CCCCN1c2cc(C)c(N=C3C(C#N)=C(C(=O)OC4C(C)CC(C)CC4C)c4nc(-c5ccc(OC)c(NCOC(C)CC)c5)nn43)cc2C(C)CC1(C)C. The maximum atomic E-state index is 14.4. The summed E-state index contributed by atoms with van der Waals surface area (Å²) in [4.78, 5) is 27.0. The Balaban J connectivity index is 0.00000310. The molecule has 3 heterocycles. The number of nitriles is 1. The summed E-state index contributed by atoms with van der Waals surface area (Å²) in [5, 5.41) is 19.0. The van der Waals surface area contributed by atoms with Crippen molar-refractivity contribution < 1.29 is 19.0 Å². The van der Waals surface area contributed by atoms with Crippen molar-refractivity contribution in [2.75, 3.05) is 30.6 Å². The average molecular weight is 812 g/mol. The number of carbonyl (C=O) groups is 1. The van der Waals surface area contributed by atoms with Crippen molar-refractivity contribution in [3.8, 4) is 23.2 Å². The lowest BCUT2D eigenvalue weighted by Crippen LogP contribution is -2.48. The highest BCUT2D eigenvalue weighted by atomic mass is 16.5. The zero-order valence-corrected chi connectivity index (χ0v) is 35.3. The van der Waals surface area contributed by atoms with Gasteiger partial charge in [0.1, 0.15) is 35.8 Å². The highest BCUT2D eigenvalue weighted by molar-refractivity contribution is 6.30. The third-order valence-electron chi connectivity index (χ3n) is 12.1. The molecule has 0 bridgehead atoms. The Kier molecular flexibility index (Phi) is 16.5. The number of rotatable bonds is 13. The van der Waals surface area contributed by atoms with Crippen LogP contribution in [0.15, 0.2) is 40.9 Å². The van der Waals surface area contributed by atoms with E-state index >= 15 is 0 Å². The number of esters is 1. The summed E-state index contributed by atoms with van der Waals surface area (Å²) in [6.45, 7) is 23.1. The van der Waals surface area contributed by atoms with Crippen LogP contribution in [0.2, 0.25) is 0 Å².